The maximum Gasteiger partial charge on any atom is 0.251 e. The van der Waals surface area contributed by atoms with Crippen molar-refractivity contribution in [1.29, 1.82) is 0 Å². The predicted molar refractivity (Wildman–Crippen MR) is 40.8 cm³/mol. The SMILES string of the molecule is CCC(F)(F)C1CCN(C)C1. The molecule has 0 aliphatic carbocycles. The van der Waals surface area contributed by atoms with Gasteiger partial charge in [-0.15, -0.1) is 0 Å². The quantitative estimate of drug-likeness (QED) is 0.601. The average Bonchev–Trinajstić information content (AvgIpc) is 2.36. The van der Waals surface area contributed by atoms with Gasteiger partial charge in [-0.25, -0.2) is 8.78 Å². The molecule has 0 aromatic carbocycles. The Morgan fingerprint density at radius 2 is 2.18 bits per heavy atom. The van der Waals surface area contributed by atoms with Crippen LogP contribution in [0.25, 0.3) is 0 Å². The van der Waals surface area contributed by atoms with E-state index in [1.54, 1.807) is 6.92 Å². The molecular formula is C8H15F2N. The largest absolute Gasteiger partial charge is 0.306 e. The molecule has 1 nitrogen and oxygen atoms in total. The Morgan fingerprint density at radius 3 is 2.55 bits per heavy atom. The van der Waals surface area contributed by atoms with Gasteiger partial charge in [0.15, 0.2) is 0 Å². The van der Waals surface area contributed by atoms with Crippen molar-refractivity contribution >= 4 is 0 Å². The van der Waals surface area contributed by atoms with Crippen LogP contribution in [-0.4, -0.2) is 31.0 Å². The molecule has 0 spiro atoms. The fourth-order valence-corrected chi connectivity index (χ4v) is 1.57. The molecule has 0 aromatic heterocycles. The van der Waals surface area contributed by atoms with Crippen molar-refractivity contribution in [2.45, 2.75) is 25.7 Å². The Labute approximate surface area is 66.4 Å². The monoisotopic (exact) mass is 163 g/mol. The molecular weight excluding hydrogens is 148 g/mol. The van der Waals surface area contributed by atoms with E-state index in [9.17, 15) is 8.78 Å². The van der Waals surface area contributed by atoms with Crippen molar-refractivity contribution in [3.63, 3.8) is 0 Å². The van der Waals surface area contributed by atoms with Gasteiger partial charge in [0, 0.05) is 18.9 Å². The summed E-state index contributed by atoms with van der Waals surface area (Å²) in [5, 5.41) is 0. The highest BCUT2D eigenvalue weighted by Gasteiger charge is 2.40. The second-order valence-electron chi connectivity index (χ2n) is 3.36. The minimum absolute atomic E-state index is 0.0223. The molecule has 0 N–H and O–H groups in total. The summed E-state index contributed by atoms with van der Waals surface area (Å²) in [4.78, 5) is 1.97. The molecule has 1 aliphatic rings. The molecule has 0 bridgehead atoms. The van der Waals surface area contributed by atoms with Crippen molar-refractivity contribution in [2.24, 2.45) is 5.92 Å². The van der Waals surface area contributed by atoms with E-state index in [1.807, 2.05) is 11.9 Å². The molecule has 0 radical (unpaired) electrons. The number of alkyl halides is 2. The van der Waals surface area contributed by atoms with Crippen LogP contribution >= 0.6 is 0 Å². The van der Waals surface area contributed by atoms with Crippen LogP contribution < -0.4 is 0 Å². The molecule has 66 valence electrons. The maximum atomic E-state index is 13.0. The fraction of sp³-hybridized carbons (Fsp3) is 1.00. The first-order valence-corrected chi connectivity index (χ1v) is 4.12. The zero-order valence-corrected chi connectivity index (χ0v) is 7.11. The molecule has 3 heteroatoms. The summed E-state index contributed by atoms with van der Waals surface area (Å²) in [6, 6.07) is 0. The van der Waals surface area contributed by atoms with Crippen LogP contribution in [0.15, 0.2) is 0 Å². The summed E-state index contributed by atoms with van der Waals surface area (Å²) in [7, 11) is 1.89. The minimum Gasteiger partial charge on any atom is -0.306 e. The van der Waals surface area contributed by atoms with Crippen LogP contribution in [0.5, 0.6) is 0 Å². The number of hydrogen-bond donors (Lipinski definition) is 0. The van der Waals surface area contributed by atoms with Gasteiger partial charge in [0.2, 0.25) is 0 Å². The average molecular weight is 163 g/mol. The van der Waals surface area contributed by atoms with Crippen molar-refractivity contribution in [1.82, 2.24) is 4.90 Å². The molecule has 1 unspecified atom stereocenters. The number of likely N-dealkylation sites (tertiary alicyclic amines) is 1. The van der Waals surface area contributed by atoms with Gasteiger partial charge in [-0.05, 0) is 20.0 Å². The van der Waals surface area contributed by atoms with Crippen LogP contribution in [0.3, 0.4) is 0 Å². The summed E-state index contributed by atoms with van der Waals surface area (Å²) in [6.45, 7) is 2.93. The van der Waals surface area contributed by atoms with Crippen LogP contribution in [0.1, 0.15) is 19.8 Å². The third-order valence-electron chi connectivity index (χ3n) is 2.46. The van der Waals surface area contributed by atoms with Crippen LogP contribution in [0.4, 0.5) is 8.78 Å². The number of hydrogen-bond acceptors (Lipinski definition) is 1. The lowest BCUT2D eigenvalue weighted by Gasteiger charge is -2.21. The van der Waals surface area contributed by atoms with E-state index in [-0.39, 0.29) is 6.42 Å². The third-order valence-corrected chi connectivity index (χ3v) is 2.46. The first kappa shape index (κ1) is 8.91. The molecule has 1 fully saturated rings. The summed E-state index contributed by atoms with van der Waals surface area (Å²) in [5.41, 5.74) is 0. The van der Waals surface area contributed by atoms with Gasteiger partial charge in [0.25, 0.3) is 5.92 Å². The lowest BCUT2D eigenvalue weighted by molar-refractivity contribution is -0.0564. The zero-order valence-electron chi connectivity index (χ0n) is 7.11. The van der Waals surface area contributed by atoms with Crippen LogP contribution in [0, 0.1) is 5.92 Å². The summed E-state index contributed by atoms with van der Waals surface area (Å²) in [5.74, 6) is -2.84. The van der Waals surface area contributed by atoms with E-state index in [0.717, 1.165) is 6.54 Å². The molecule has 0 aromatic rings. The minimum atomic E-state index is -2.44. The van der Waals surface area contributed by atoms with Crippen LogP contribution in [-0.2, 0) is 0 Å². The van der Waals surface area contributed by atoms with E-state index in [2.05, 4.69) is 0 Å². The van der Waals surface area contributed by atoms with Crippen LogP contribution in [0.2, 0.25) is 0 Å². The van der Waals surface area contributed by atoms with Gasteiger partial charge in [-0.2, -0.15) is 0 Å². The number of halogens is 2. The normalized spacial score (nSPS) is 27.8. The molecule has 11 heavy (non-hydrogen) atoms. The van der Waals surface area contributed by atoms with Gasteiger partial charge in [-0.3, -0.25) is 0 Å². The van der Waals surface area contributed by atoms with Crippen molar-refractivity contribution < 1.29 is 8.78 Å². The van der Waals surface area contributed by atoms with Crippen molar-refractivity contribution in [3.8, 4) is 0 Å². The maximum absolute atomic E-state index is 13.0. The highest BCUT2D eigenvalue weighted by Crippen LogP contribution is 2.34. The van der Waals surface area contributed by atoms with E-state index < -0.39 is 11.8 Å². The Morgan fingerprint density at radius 1 is 1.55 bits per heavy atom. The van der Waals surface area contributed by atoms with Gasteiger partial charge in [0.05, 0.1) is 0 Å². The van der Waals surface area contributed by atoms with E-state index in [0.29, 0.717) is 13.0 Å². The van der Waals surface area contributed by atoms with Gasteiger partial charge < -0.3 is 4.90 Å². The third kappa shape index (κ3) is 1.89. The van der Waals surface area contributed by atoms with E-state index in [1.165, 1.54) is 0 Å². The van der Waals surface area contributed by atoms with E-state index >= 15 is 0 Å². The van der Waals surface area contributed by atoms with E-state index in [4.69, 9.17) is 0 Å². The standard InChI is InChI=1S/C8H15F2N/c1-3-8(9,10)7-4-5-11(2)6-7/h7H,3-6H2,1-2H3. The molecule has 0 amide bonds. The Hall–Kier alpha value is -0.180. The highest BCUT2D eigenvalue weighted by molar-refractivity contribution is 4.83. The summed E-state index contributed by atoms with van der Waals surface area (Å²) >= 11 is 0. The Kier molecular flexibility index (Phi) is 2.47. The smallest absolute Gasteiger partial charge is 0.251 e. The summed E-state index contributed by atoms with van der Waals surface area (Å²) < 4.78 is 26.0. The number of nitrogens with zero attached hydrogens (tertiary/aromatic N) is 1. The fourth-order valence-electron chi connectivity index (χ4n) is 1.57. The molecule has 1 atom stereocenters. The predicted octanol–water partition coefficient (Wildman–Crippen LogP) is 1.98. The molecule has 1 rings (SSSR count). The van der Waals surface area contributed by atoms with Gasteiger partial charge in [-0.1, -0.05) is 6.92 Å². The Balaban J connectivity index is 2.48. The Bertz CT molecular complexity index is 136. The second kappa shape index (κ2) is 3.05. The first-order chi connectivity index (χ1) is 5.06. The summed E-state index contributed by atoms with van der Waals surface area (Å²) in [6.07, 6.45) is 0.628. The van der Waals surface area contributed by atoms with Crippen molar-refractivity contribution in [3.05, 3.63) is 0 Å². The van der Waals surface area contributed by atoms with Gasteiger partial charge >= 0.3 is 0 Å². The molecule has 0 saturated carbocycles. The molecule has 1 aliphatic heterocycles. The van der Waals surface area contributed by atoms with Gasteiger partial charge in [0.1, 0.15) is 0 Å². The molecule has 1 saturated heterocycles. The first-order valence-electron chi connectivity index (χ1n) is 4.12. The molecule has 1 heterocycles. The second-order valence-corrected chi connectivity index (χ2v) is 3.36. The topological polar surface area (TPSA) is 3.24 Å². The number of rotatable bonds is 2. The highest BCUT2D eigenvalue weighted by atomic mass is 19.3. The van der Waals surface area contributed by atoms with Crippen molar-refractivity contribution in [2.75, 3.05) is 20.1 Å². The zero-order chi connectivity index (χ0) is 8.48. The lowest BCUT2D eigenvalue weighted by atomic mass is 9.99. The lowest BCUT2D eigenvalue weighted by Crippen LogP contribution is -2.29.